The van der Waals surface area contributed by atoms with Gasteiger partial charge in [-0.25, -0.2) is 4.99 Å². The van der Waals surface area contributed by atoms with Gasteiger partial charge in [0.05, 0.1) is 13.7 Å². The lowest BCUT2D eigenvalue weighted by Crippen LogP contribution is -2.38. The van der Waals surface area contributed by atoms with Crippen LogP contribution < -0.4 is 25.0 Å². The van der Waals surface area contributed by atoms with Crippen molar-refractivity contribution in [1.82, 2.24) is 5.32 Å². The van der Waals surface area contributed by atoms with Gasteiger partial charge in [0.1, 0.15) is 6.54 Å². The molecular formula is C23H30N4O3. The largest absolute Gasteiger partial charge is 0.493 e. The lowest BCUT2D eigenvalue weighted by Gasteiger charge is -2.29. The van der Waals surface area contributed by atoms with E-state index in [4.69, 9.17) is 9.47 Å². The van der Waals surface area contributed by atoms with Crippen molar-refractivity contribution in [2.24, 2.45) is 4.99 Å². The summed E-state index contributed by atoms with van der Waals surface area (Å²) in [7, 11) is 1.61. The summed E-state index contributed by atoms with van der Waals surface area (Å²) in [6.45, 7) is 5.93. The fourth-order valence-electron chi connectivity index (χ4n) is 3.49. The number of rotatable bonds is 7. The van der Waals surface area contributed by atoms with Crippen molar-refractivity contribution in [2.45, 2.75) is 26.7 Å². The summed E-state index contributed by atoms with van der Waals surface area (Å²) < 4.78 is 11.0. The number of guanidine groups is 1. The quantitative estimate of drug-likeness (QED) is 0.540. The van der Waals surface area contributed by atoms with E-state index in [0.29, 0.717) is 30.6 Å². The zero-order valence-corrected chi connectivity index (χ0v) is 17.9. The molecule has 30 heavy (non-hydrogen) atoms. The molecule has 2 N–H and O–H groups in total. The molecule has 0 unspecified atom stereocenters. The molecule has 2 aromatic carbocycles. The molecule has 3 rings (SSSR count). The highest BCUT2D eigenvalue weighted by atomic mass is 16.5. The molecule has 7 heteroatoms. The third-order valence-electron chi connectivity index (χ3n) is 4.85. The summed E-state index contributed by atoms with van der Waals surface area (Å²) in [5, 5.41) is 6.42. The minimum atomic E-state index is -0.0101. The maximum Gasteiger partial charge on any atom is 0.248 e. The van der Waals surface area contributed by atoms with Crippen LogP contribution in [0.5, 0.6) is 11.5 Å². The fourth-order valence-corrected chi connectivity index (χ4v) is 3.49. The van der Waals surface area contributed by atoms with E-state index < -0.39 is 0 Å². The third kappa shape index (κ3) is 5.23. The molecule has 0 saturated carbocycles. The van der Waals surface area contributed by atoms with Crippen LogP contribution in [0, 0.1) is 0 Å². The van der Waals surface area contributed by atoms with Gasteiger partial charge in [-0.3, -0.25) is 4.79 Å². The third-order valence-corrected chi connectivity index (χ3v) is 4.85. The Morgan fingerprint density at radius 3 is 2.77 bits per heavy atom. The smallest absolute Gasteiger partial charge is 0.248 e. The van der Waals surface area contributed by atoms with Gasteiger partial charge < -0.3 is 25.0 Å². The molecule has 1 aliphatic rings. The van der Waals surface area contributed by atoms with Crippen LogP contribution in [0.3, 0.4) is 0 Å². The van der Waals surface area contributed by atoms with Crippen molar-refractivity contribution in [3.63, 3.8) is 0 Å². The topological polar surface area (TPSA) is 75.2 Å². The van der Waals surface area contributed by atoms with Gasteiger partial charge in [-0.05, 0) is 50.5 Å². The summed E-state index contributed by atoms with van der Waals surface area (Å²) in [6, 6.07) is 13.7. The second-order valence-electron chi connectivity index (χ2n) is 6.90. The molecule has 0 bridgehead atoms. The van der Waals surface area contributed by atoms with E-state index in [2.05, 4.69) is 21.7 Å². The van der Waals surface area contributed by atoms with E-state index in [9.17, 15) is 4.79 Å². The maximum absolute atomic E-state index is 12.9. The first-order chi connectivity index (χ1) is 14.7. The standard InChI is InChI=1S/C23H30N4O3/c1-4-24-23(26-18-12-13-20(29-3)21(15-18)30-5-2)25-16-22(28)27-14-8-10-17-9-6-7-11-19(17)27/h6-7,9,11-13,15H,4-5,8,10,14,16H2,1-3H3,(H2,24,25,26). The molecule has 0 radical (unpaired) electrons. The zero-order chi connectivity index (χ0) is 21.3. The van der Waals surface area contributed by atoms with Crippen molar-refractivity contribution >= 4 is 23.2 Å². The first-order valence-corrected chi connectivity index (χ1v) is 10.4. The predicted octanol–water partition coefficient (Wildman–Crippen LogP) is 3.45. The number of carbonyl (C=O) groups is 1. The normalized spacial score (nSPS) is 13.4. The number of benzene rings is 2. The summed E-state index contributed by atoms with van der Waals surface area (Å²) in [6.07, 6.45) is 1.98. The van der Waals surface area contributed by atoms with Gasteiger partial charge in [-0.1, -0.05) is 18.2 Å². The number of nitrogens with one attached hydrogen (secondary N) is 2. The van der Waals surface area contributed by atoms with Crippen LogP contribution in [0.25, 0.3) is 0 Å². The van der Waals surface area contributed by atoms with E-state index in [1.807, 2.05) is 55.1 Å². The summed E-state index contributed by atoms with van der Waals surface area (Å²) in [5.74, 6) is 1.86. The molecular weight excluding hydrogens is 380 g/mol. The number of nitrogens with zero attached hydrogens (tertiary/aromatic N) is 2. The SMILES string of the molecule is CCNC(=NCC(=O)N1CCCc2ccccc21)Nc1ccc(OC)c(OCC)c1. The molecule has 1 amide bonds. The molecule has 0 aliphatic carbocycles. The molecule has 2 aromatic rings. The Morgan fingerprint density at radius 1 is 1.17 bits per heavy atom. The number of aliphatic imine (C=N–C) groups is 1. The second-order valence-corrected chi connectivity index (χ2v) is 6.90. The minimum absolute atomic E-state index is 0.0101. The monoisotopic (exact) mass is 410 g/mol. The molecule has 7 nitrogen and oxygen atoms in total. The van der Waals surface area contributed by atoms with Gasteiger partial charge in [-0.15, -0.1) is 0 Å². The average molecular weight is 411 g/mol. The Morgan fingerprint density at radius 2 is 2.00 bits per heavy atom. The molecule has 0 saturated heterocycles. The number of hydrogen-bond donors (Lipinski definition) is 2. The Kier molecular flexibility index (Phi) is 7.54. The molecule has 0 fully saturated rings. The Balaban J connectivity index is 1.72. The predicted molar refractivity (Wildman–Crippen MR) is 121 cm³/mol. The second kappa shape index (κ2) is 10.5. The van der Waals surface area contributed by atoms with Crippen LogP contribution in [-0.2, 0) is 11.2 Å². The molecule has 0 spiro atoms. The van der Waals surface area contributed by atoms with Gasteiger partial charge in [0.2, 0.25) is 5.91 Å². The first kappa shape index (κ1) is 21.5. The number of anilines is 2. The van der Waals surface area contributed by atoms with E-state index in [-0.39, 0.29) is 12.5 Å². The Hall–Kier alpha value is -3.22. The van der Waals surface area contributed by atoms with Gasteiger partial charge in [0, 0.05) is 30.5 Å². The van der Waals surface area contributed by atoms with Crippen molar-refractivity contribution in [3.8, 4) is 11.5 Å². The van der Waals surface area contributed by atoms with Crippen LogP contribution in [0.1, 0.15) is 25.8 Å². The van der Waals surface area contributed by atoms with E-state index >= 15 is 0 Å². The molecule has 0 atom stereocenters. The lowest BCUT2D eigenvalue weighted by atomic mass is 10.0. The number of carbonyl (C=O) groups excluding carboxylic acids is 1. The first-order valence-electron chi connectivity index (χ1n) is 10.4. The molecule has 0 aromatic heterocycles. The highest BCUT2D eigenvalue weighted by molar-refractivity contribution is 5.99. The zero-order valence-electron chi connectivity index (χ0n) is 17.9. The van der Waals surface area contributed by atoms with E-state index in [1.165, 1.54) is 5.56 Å². The average Bonchev–Trinajstić information content (AvgIpc) is 2.77. The van der Waals surface area contributed by atoms with Crippen LogP contribution in [0.4, 0.5) is 11.4 Å². The number of para-hydroxylation sites is 1. The van der Waals surface area contributed by atoms with E-state index in [1.54, 1.807) is 7.11 Å². The highest BCUT2D eigenvalue weighted by Gasteiger charge is 2.21. The molecule has 1 aliphatic heterocycles. The molecule has 1 heterocycles. The fraction of sp³-hybridized carbons (Fsp3) is 0.391. The number of amides is 1. The summed E-state index contributed by atoms with van der Waals surface area (Å²) in [4.78, 5) is 19.2. The van der Waals surface area contributed by atoms with Crippen molar-refractivity contribution in [2.75, 3.05) is 43.6 Å². The summed E-state index contributed by atoms with van der Waals surface area (Å²) >= 11 is 0. The Bertz CT molecular complexity index is 898. The maximum atomic E-state index is 12.9. The van der Waals surface area contributed by atoms with Gasteiger partial charge in [0.25, 0.3) is 0 Å². The number of methoxy groups -OCH3 is 1. The molecule has 160 valence electrons. The van der Waals surface area contributed by atoms with Crippen LogP contribution in [0.2, 0.25) is 0 Å². The van der Waals surface area contributed by atoms with Crippen molar-refractivity contribution in [1.29, 1.82) is 0 Å². The highest BCUT2D eigenvalue weighted by Crippen LogP contribution is 2.30. The van der Waals surface area contributed by atoms with Gasteiger partial charge in [-0.2, -0.15) is 0 Å². The van der Waals surface area contributed by atoms with Crippen LogP contribution in [0.15, 0.2) is 47.5 Å². The van der Waals surface area contributed by atoms with Crippen LogP contribution in [-0.4, -0.2) is 45.2 Å². The van der Waals surface area contributed by atoms with Crippen molar-refractivity contribution in [3.05, 3.63) is 48.0 Å². The van der Waals surface area contributed by atoms with Crippen molar-refractivity contribution < 1.29 is 14.3 Å². The number of hydrogen-bond acceptors (Lipinski definition) is 4. The van der Waals surface area contributed by atoms with E-state index in [0.717, 1.165) is 30.8 Å². The number of aryl methyl sites for hydroxylation is 1. The van der Waals surface area contributed by atoms with Gasteiger partial charge in [0.15, 0.2) is 17.5 Å². The minimum Gasteiger partial charge on any atom is -0.493 e. The van der Waals surface area contributed by atoms with Gasteiger partial charge >= 0.3 is 0 Å². The lowest BCUT2D eigenvalue weighted by molar-refractivity contribution is -0.117. The number of fused-ring (bicyclic) bond motifs is 1. The number of ether oxygens (including phenoxy) is 2. The summed E-state index contributed by atoms with van der Waals surface area (Å²) in [5.41, 5.74) is 3.01. The Labute approximate surface area is 178 Å². The van der Waals surface area contributed by atoms with Crippen LogP contribution >= 0.6 is 0 Å².